The quantitative estimate of drug-likeness (QED) is 0.358. The van der Waals surface area contributed by atoms with Crippen molar-refractivity contribution < 1.29 is 14.9 Å². The zero-order chi connectivity index (χ0) is 25.5. The molecule has 188 valence electrons. The zero-order valence-corrected chi connectivity index (χ0v) is 20.8. The number of aromatic hydroxyl groups is 1. The molecule has 4 aromatic rings. The van der Waals surface area contributed by atoms with Crippen LogP contribution in [0.2, 0.25) is 0 Å². The van der Waals surface area contributed by atoms with Crippen molar-refractivity contribution in [2.45, 2.75) is 40.3 Å². The number of nitrogen functional groups attached to an aromatic ring is 1. The van der Waals surface area contributed by atoms with Gasteiger partial charge in [0.15, 0.2) is 17.1 Å². The van der Waals surface area contributed by atoms with Crippen LogP contribution in [-0.4, -0.2) is 76.8 Å². The van der Waals surface area contributed by atoms with E-state index < -0.39 is 0 Å². The number of methoxy groups -OCH3 is 1. The molecule has 1 aliphatic heterocycles. The summed E-state index contributed by atoms with van der Waals surface area (Å²) in [6.45, 7) is 8.93. The lowest BCUT2D eigenvalue weighted by atomic mass is 10.1. The van der Waals surface area contributed by atoms with E-state index in [2.05, 4.69) is 30.0 Å². The van der Waals surface area contributed by atoms with E-state index in [0.29, 0.717) is 29.4 Å². The molecule has 0 atom stereocenters. The number of hydrogen-bond acceptors (Lipinski definition) is 10. The topological polar surface area (TPSA) is 153 Å². The van der Waals surface area contributed by atoms with Crippen LogP contribution in [0.5, 0.6) is 5.75 Å². The number of ether oxygens (including phenoxy) is 1. The molecule has 0 saturated heterocycles. The van der Waals surface area contributed by atoms with Crippen LogP contribution >= 0.6 is 0 Å². The van der Waals surface area contributed by atoms with Crippen LogP contribution in [-0.2, 0) is 24.2 Å². The van der Waals surface area contributed by atoms with Crippen LogP contribution in [0.1, 0.15) is 37.9 Å². The maximum Gasteiger partial charge on any atom is 0.225 e. The van der Waals surface area contributed by atoms with Crippen molar-refractivity contribution >= 4 is 28.4 Å². The summed E-state index contributed by atoms with van der Waals surface area (Å²) in [5.41, 5.74) is 9.53. The van der Waals surface area contributed by atoms with E-state index in [4.69, 9.17) is 15.6 Å². The highest BCUT2D eigenvalue weighted by molar-refractivity contribution is 5.90. The highest BCUT2D eigenvalue weighted by Gasteiger charge is 2.20. The van der Waals surface area contributed by atoms with E-state index in [1.165, 1.54) is 10.7 Å². The van der Waals surface area contributed by atoms with Gasteiger partial charge in [0, 0.05) is 38.9 Å². The van der Waals surface area contributed by atoms with Gasteiger partial charge in [0.05, 0.1) is 31.4 Å². The number of anilines is 1. The fraction of sp³-hybridized carbons (Fsp3) is 0.435. The number of allylic oxidation sites excluding steroid dienone is 1. The Bertz CT molecular complexity index is 1310. The second-order valence-corrected chi connectivity index (χ2v) is 7.43. The summed E-state index contributed by atoms with van der Waals surface area (Å²) in [6.07, 6.45) is 5.90. The number of aliphatic hydroxyl groups is 1. The Hall–Kier alpha value is -3.77. The maximum absolute atomic E-state index is 9.71. The number of aromatic nitrogens is 7. The highest BCUT2D eigenvalue weighted by Crippen LogP contribution is 2.23. The average Bonchev–Trinajstić information content (AvgIpc) is 3.51. The average molecular weight is 484 g/mol. The van der Waals surface area contributed by atoms with Gasteiger partial charge >= 0.3 is 0 Å². The number of aliphatic hydroxyl groups excluding tert-OH is 1. The van der Waals surface area contributed by atoms with Gasteiger partial charge in [-0.05, 0) is 24.6 Å². The third-order valence-electron chi connectivity index (χ3n) is 5.53. The smallest absolute Gasteiger partial charge is 0.225 e. The van der Waals surface area contributed by atoms with Crippen molar-refractivity contribution in [3.63, 3.8) is 0 Å². The Balaban J connectivity index is 0.000000815. The summed E-state index contributed by atoms with van der Waals surface area (Å²) < 4.78 is 8.67. The molecule has 0 saturated carbocycles. The predicted octanol–water partition coefficient (Wildman–Crippen LogP) is 1.86. The fourth-order valence-electron chi connectivity index (χ4n) is 3.96. The van der Waals surface area contributed by atoms with E-state index in [9.17, 15) is 5.11 Å². The zero-order valence-electron chi connectivity index (χ0n) is 20.8. The number of nitrogens with zero attached hydrogens (tertiary/aromatic N) is 8. The van der Waals surface area contributed by atoms with Crippen molar-refractivity contribution in [3.05, 3.63) is 41.6 Å². The molecule has 5 heterocycles. The third kappa shape index (κ3) is 5.17. The molecule has 35 heavy (non-hydrogen) atoms. The lowest BCUT2D eigenvalue weighted by Gasteiger charge is -2.28. The van der Waals surface area contributed by atoms with Gasteiger partial charge in [0.2, 0.25) is 11.8 Å². The Kier molecular flexibility index (Phi) is 8.55. The van der Waals surface area contributed by atoms with Gasteiger partial charge in [0.1, 0.15) is 5.75 Å². The standard InChI is InChI=1S/C20H23N9O2.C2H6.CH4O/c1-3-16(31-2)17-24-19-14-10-23-28(18(14)25-20(21)29(19)26-17)7-6-27-5-4-15-12(11-27)8-13(30)9-22-15;2*1-2/h3,8-10,30H,4-7,11H2,1-2H3,(H2,21,25);1-2H3;2H,1H3/b16-3-;;. The number of rotatable bonds is 5. The minimum atomic E-state index is 0.199. The van der Waals surface area contributed by atoms with E-state index in [1.54, 1.807) is 25.4 Å². The molecule has 0 unspecified atom stereocenters. The molecule has 0 radical (unpaired) electrons. The van der Waals surface area contributed by atoms with Crippen LogP contribution in [0, 0.1) is 0 Å². The second-order valence-electron chi connectivity index (χ2n) is 7.43. The summed E-state index contributed by atoms with van der Waals surface area (Å²) in [4.78, 5) is 15.7. The normalized spacial score (nSPS) is 13.6. The molecule has 12 nitrogen and oxygen atoms in total. The van der Waals surface area contributed by atoms with Crippen LogP contribution in [0.4, 0.5) is 5.95 Å². The monoisotopic (exact) mass is 483 g/mol. The summed E-state index contributed by atoms with van der Waals surface area (Å²) in [5, 5.41) is 26.4. The van der Waals surface area contributed by atoms with Gasteiger partial charge in [-0.3, -0.25) is 9.88 Å². The molecule has 4 N–H and O–H groups in total. The molecule has 1 aliphatic rings. The molecule has 0 aromatic carbocycles. The second kappa shape index (κ2) is 11.6. The molecule has 12 heteroatoms. The van der Waals surface area contributed by atoms with E-state index in [-0.39, 0.29) is 11.7 Å². The predicted molar refractivity (Wildman–Crippen MR) is 134 cm³/mol. The van der Waals surface area contributed by atoms with Crippen LogP contribution < -0.4 is 5.73 Å². The minimum absolute atomic E-state index is 0.199. The van der Waals surface area contributed by atoms with Crippen molar-refractivity contribution in [2.24, 2.45) is 0 Å². The molecular formula is C23H33N9O3. The molecule has 4 aromatic heterocycles. The van der Waals surface area contributed by atoms with E-state index in [0.717, 1.165) is 49.8 Å². The maximum atomic E-state index is 9.71. The van der Waals surface area contributed by atoms with Gasteiger partial charge in [-0.15, -0.1) is 5.10 Å². The molecule has 0 bridgehead atoms. The lowest BCUT2D eigenvalue weighted by Crippen LogP contribution is -2.33. The van der Waals surface area contributed by atoms with Gasteiger partial charge in [-0.1, -0.05) is 13.8 Å². The van der Waals surface area contributed by atoms with Gasteiger partial charge in [-0.2, -0.15) is 14.6 Å². The molecule has 0 fully saturated rings. The first-order chi connectivity index (χ1) is 17.1. The molecule has 0 aliphatic carbocycles. The summed E-state index contributed by atoms with van der Waals surface area (Å²) in [6, 6.07) is 1.79. The summed E-state index contributed by atoms with van der Waals surface area (Å²) >= 11 is 0. The van der Waals surface area contributed by atoms with Gasteiger partial charge in [0.25, 0.3) is 0 Å². The Morgan fingerprint density at radius 2 is 1.94 bits per heavy atom. The molecule has 0 amide bonds. The van der Waals surface area contributed by atoms with E-state index in [1.807, 2.05) is 25.5 Å². The Morgan fingerprint density at radius 3 is 2.66 bits per heavy atom. The molecular weight excluding hydrogens is 450 g/mol. The Morgan fingerprint density at radius 1 is 1.17 bits per heavy atom. The lowest BCUT2D eigenvalue weighted by molar-refractivity contribution is 0.239. The third-order valence-corrected chi connectivity index (χ3v) is 5.53. The number of hydrogen-bond donors (Lipinski definition) is 3. The first-order valence-corrected chi connectivity index (χ1v) is 11.5. The number of pyridine rings is 1. The molecule has 0 spiro atoms. The minimum Gasteiger partial charge on any atom is -0.506 e. The van der Waals surface area contributed by atoms with Crippen LogP contribution in [0.25, 0.3) is 22.4 Å². The fourth-order valence-corrected chi connectivity index (χ4v) is 3.96. The first-order valence-electron chi connectivity index (χ1n) is 11.5. The Labute approximate surface area is 203 Å². The summed E-state index contributed by atoms with van der Waals surface area (Å²) in [5.74, 6) is 1.45. The van der Waals surface area contributed by atoms with Gasteiger partial charge in [-0.25, -0.2) is 9.67 Å². The highest BCUT2D eigenvalue weighted by atomic mass is 16.5. The summed E-state index contributed by atoms with van der Waals surface area (Å²) in [7, 11) is 2.58. The van der Waals surface area contributed by atoms with Crippen LogP contribution in [0.3, 0.4) is 0 Å². The SMILES string of the molecule is C/C=C(\OC)c1nc2c3cnn(CCN4CCc5ncc(O)cc5C4)c3nc(N)n2n1.CC.CO. The van der Waals surface area contributed by atoms with E-state index >= 15 is 0 Å². The first kappa shape index (κ1) is 25.8. The largest absolute Gasteiger partial charge is 0.506 e. The number of fused-ring (bicyclic) bond motifs is 4. The van der Waals surface area contributed by atoms with Crippen LogP contribution in [0.15, 0.2) is 24.5 Å². The van der Waals surface area contributed by atoms with Crippen molar-refractivity contribution in [2.75, 3.05) is 33.0 Å². The van der Waals surface area contributed by atoms with Crippen molar-refractivity contribution in [3.8, 4) is 5.75 Å². The van der Waals surface area contributed by atoms with Crippen molar-refractivity contribution in [1.29, 1.82) is 0 Å². The van der Waals surface area contributed by atoms with Gasteiger partial charge < -0.3 is 20.7 Å². The molecule has 5 rings (SSSR count). The van der Waals surface area contributed by atoms with Crippen molar-refractivity contribution in [1.82, 2.24) is 39.2 Å². The number of nitrogens with two attached hydrogens (primary N) is 1.